The lowest BCUT2D eigenvalue weighted by atomic mass is 10.1. The van der Waals surface area contributed by atoms with Crippen LogP contribution in [0.4, 0.5) is 0 Å². The van der Waals surface area contributed by atoms with Crippen molar-refractivity contribution >= 4 is 8.07 Å². The van der Waals surface area contributed by atoms with E-state index < -0.39 is 8.07 Å². The van der Waals surface area contributed by atoms with Gasteiger partial charge in [-0.05, 0) is 18.4 Å². The van der Waals surface area contributed by atoms with Gasteiger partial charge in [-0.3, -0.25) is 0 Å². The summed E-state index contributed by atoms with van der Waals surface area (Å²) < 4.78 is 0. The molecule has 0 aromatic rings. The third-order valence-electron chi connectivity index (χ3n) is 2.00. The Kier molecular flexibility index (Phi) is 6.05. The van der Waals surface area contributed by atoms with Crippen LogP contribution in [-0.2, 0) is 0 Å². The molecule has 0 bridgehead atoms. The van der Waals surface area contributed by atoms with Crippen molar-refractivity contribution in [3.63, 3.8) is 0 Å². The predicted octanol–water partition coefficient (Wildman–Crippen LogP) is 3.46. The summed E-state index contributed by atoms with van der Waals surface area (Å²) >= 11 is 0. The lowest BCUT2D eigenvalue weighted by molar-refractivity contribution is 0.274. The molecule has 0 amide bonds. The molecular weight excluding hydrogens is 188 g/mol. The first-order valence-electron chi connectivity index (χ1n) is 5.32. The van der Waals surface area contributed by atoms with Crippen molar-refractivity contribution in [2.45, 2.75) is 39.0 Å². The van der Waals surface area contributed by atoms with Gasteiger partial charge in [0.25, 0.3) is 0 Å². The fraction of sp³-hybridized carbons (Fsp3) is 0.667. The van der Waals surface area contributed by atoms with Crippen molar-refractivity contribution in [3.8, 4) is 0 Å². The van der Waals surface area contributed by atoms with E-state index in [4.69, 9.17) is 5.11 Å². The predicted molar refractivity (Wildman–Crippen MR) is 67.3 cm³/mol. The standard InChI is InChI=1S/C12H24OSi/c1-11(8-9-13)6-7-12(2)10-14(3,4)5/h6-7,11,13H,2,8-10H2,1,3-5H3/t11-/m1/s1. The second kappa shape index (κ2) is 6.20. The van der Waals surface area contributed by atoms with Crippen LogP contribution in [-0.4, -0.2) is 19.8 Å². The van der Waals surface area contributed by atoms with E-state index in [1.54, 1.807) is 0 Å². The van der Waals surface area contributed by atoms with Crippen molar-refractivity contribution in [3.05, 3.63) is 24.3 Å². The van der Waals surface area contributed by atoms with E-state index in [1.807, 2.05) is 0 Å². The van der Waals surface area contributed by atoms with Crippen LogP contribution in [0.1, 0.15) is 13.3 Å². The minimum absolute atomic E-state index is 0.270. The molecule has 0 aromatic carbocycles. The van der Waals surface area contributed by atoms with E-state index in [-0.39, 0.29) is 6.61 Å². The highest BCUT2D eigenvalue weighted by atomic mass is 28.3. The number of hydrogen-bond donors (Lipinski definition) is 1. The molecule has 82 valence electrons. The highest BCUT2D eigenvalue weighted by molar-refractivity contribution is 6.76. The van der Waals surface area contributed by atoms with Crippen molar-refractivity contribution in [2.75, 3.05) is 6.61 Å². The first-order chi connectivity index (χ1) is 6.35. The second-order valence-corrected chi connectivity index (χ2v) is 10.7. The Morgan fingerprint density at radius 3 is 2.43 bits per heavy atom. The van der Waals surface area contributed by atoms with Crippen molar-refractivity contribution < 1.29 is 5.11 Å². The molecule has 0 rings (SSSR count). The summed E-state index contributed by atoms with van der Waals surface area (Å²) in [5.41, 5.74) is 1.23. The molecule has 0 saturated heterocycles. The molecule has 0 radical (unpaired) electrons. The molecule has 1 atom stereocenters. The van der Waals surface area contributed by atoms with Crippen LogP contribution in [0.3, 0.4) is 0 Å². The Hall–Kier alpha value is -0.343. The molecule has 0 fully saturated rings. The SMILES string of the molecule is C=C(C=C[C@@H](C)CCO)C[Si](C)(C)C. The van der Waals surface area contributed by atoms with Gasteiger partial charge >= 0.3 is 0 Å². The minimum atomic E-state index is -1.01. The Morgan fingerprint density at radius 1 is 1.43 bits per heavy atom. The molecule has 2 heteroatoms. The number of rotatable bonds is 6. The van der Waals surface area contributed by atoms with Crippen LogP contribution in [0.25, 0.3) is 0 Å². The van der Waals surface area contributed by atoms with E-state index in [9.17, 15) is 0 Å². The molecule has 0 unspecified atom stereocenters. The number of hydrogen-bond acceptors (Lipinski definition) is 1. The maximum atomic E-state index is 8.74. The lowest BCUT2D eigenvalue weighted by Gasteiger charge is -2.15. The quantitative estimate of drug-likeness (QED) is 0.528. The number of aliphatic hydroxyl groups excluding tert-OH is 1. The number of allylic oxidation sites excluding steroid dienone is 3. The summed E-state index contributed by atoms with van der Waals surface area (Å²) in [6.45, 7) is 13.5. The smallest absolute Gasteiger partial charge is 0.0486 e. The van der Waals surface area contributed by atoms with Crippen LogP contribution >= 0.6 is 0 Å². The van der Waals surface area contributed by atoms with Gasteiger partial charge in [-0.2, -0.15) is 0 Å². The topological polar surface area (TPSA) is 20.2 Å². The molecule has 0 saturated carbocycles. The average molecular weight is 212 g/mol. The molecule has 1 N–H and O–H groups in total. The molecule has 0 heterocycles. The lowest BCUT2D eigenvalue weighted by Crippen LogP contribution is -2.19. The van der Waals surface area contributed by atoms with Crippen molar-refractivity contribution in [1.82, 2.24) is 0 Å². The van der Waals surface area contributed by atoms with Crippen LogP contribution < -0.4 is 0 Å². The van der Waals surface area contributed by atoms with Gasteiger partial charge in [-0.15, -0.1) is 0 Å². The molecule has 14 heavy (non-hydrogen) atoms. The van der Waals surface area contributed by atoms with E-state index in [1.165, 1.54) is 5.57 Å². The van der Waals surface area contributed by atoms with Crippen LogP contribution in [0, 0.1) is 5.92 Å². The highest BCUT2D eigenvalue weighted by Gasteiger charge is 2.12. The summed E-state index contributed by atoms with van der Waals surface area (Å²) in [5.74, 6) is 0.457. The highest BCUT2D eigenvalue weighted by Crippen LogP contribution is 2.16. The van der Waals surface area contributed by atoms with Gasteiger partial charge in [0.15, 0.2) is 0 Å². The van der Waals surface area contributed by atoms with Gasteiger partial charge in [0.2, 0.25) is 0 Å². The van der Waals surface area contributed by atoms with E-state index in [0.717, 1.165) is 12.5 Å². The summed E-state index contributed by atoms with van der Waals surface area (Å²) in [5, 5.41) is 8.74. The molecular formula is C12H24OSi. The molecule has 0 aliphatic heterocycles. The fourth-order valence-corrected chi connectivity index (χ4v) is 2.82. The summed E-state index contributed by atoms with van der Waals surface area (Å²) in [6.07, 6.45) is 5.12. The van der Waals surface area contributed by atoms with Crippen molar-refractivity contribution in [1.29, 1.82) is 0 Å². The van der Waals surface area contributed by atoms with Gasteiger partial charge in [0.1, 0.15) is 0 Å². The van der Waals surface area contributed by atoms with Crippen molar-refractivity contribution in [2.24, 2.45) is 5.92 Å². The maximum absolute atomic E-state index is 8.74. The molecule has 1 nitrogen and oxygen atoms in total. The fourth-order valence-electron chi connectivity index (χ4n) is 1.34. The summed E-state index contributed by atoms with van der Waals surface area (Å²) in [7, 11) is -1.01. The third-order valence-corrected chi connectivity index (χ3v) is 3.52. The first kappa shape index (κ1) is 13.7. The van der Waals surface area contributed by atoms with Gasteiger partial charge < -0.3 is 5.11 Å². The van der Waals surface area contributed by atoms with E-state index in [2.05, 4.69) is 45.3 Å². The Labute approximate surface area is 89.5 Å². The zero-order valence-electron chi connectivity index (χ0n) is 10.0. The Balaban J connectivity index is 3.93. The minimum Gasteiger partial charge on any atom is -0.396 e. The molecule has 0 aromatic heterocycles. The van der Waals surface area contributed by atoms with Gasteiger partial charge in [-0.25, -0.2) is 0 Å². The van der Waals surface area contributed by atoms with Gasteiger partial charge in [0.05, 0.1) is 0 Å². The van der Waals surface area contributed by atoms with Crippen LogP contribution in [0.15, 0.2) is 24.3 Å². The zero-order chi connectivity index (χ0) is 11.2. The summed E-state index contributed by atoms with van der Waals surface area (Å²) in [6, 6.07) is 1.16. The Morgan fingerprint density at radius 2 is 2.00 bits per heavy atom. The third kappa shape index (κ3) is 8.26. The van der Waals surface area contributed by atoms with E-state index >= 15 is 0 Å². The van der Waals surface area contributed by atoms with Gasteiger partial charge in [-0.1, -0.05) is 50.9 Å². The summed E-state index contributed by atoms with van der Waals surface area (Å²) in [4.78, 5) is 0. The van der Waals surface area contributed by atoms with Crippen LogP contribution in [0.5, 0.6) is 0 Å². The molecule has 0 aliphatic rings. The second-order valence-electron chi connectivity index (χ2n) is 5.24. The number of aliphatic hydroxyl groups is 1. The average Bonchev–Trinajstić information content (AvgIpc) is 1.98. The van der Waals surface area contributed by atoms with Gasteiger partial charge in [0, 0.05) is 14.7 Å². The Bertz CT molecular complexity index is 201. The monoisotopic (exact) mass is 212 g/mol. The van der Waals surface area contributed by atoms with Crippen LogP contribution in [0.2, 0.25) is 25.7 Å². The maximum Gasteiger partial charge on any atom is 0.0486 e. The van der Waals surface area contributed by atoms with E-state index in [0.29, 0.717) is 5.92 Å². The largest absolute Gasteiger partial charge is 0.396 e. The first-order valence-corrected chi connectivity index (χ1v) is 9.02. The molecule has 0 aliphatic carbocycles. The molecule has 0 spiro atoms. The normalized spacial score (nSPS) is 14.6. The zero-order valence-corrected chi connectivity index (χ0v) is 11.0.